The minimum Gasteiger partial charge on any atom is -0.351 e. The van der Waals surface area contributed by atoms with Gasteiger partial charge in [-0.05, 0) is 18.6 Å². The van der Waals surface area contributed by atoms with E-state index in [1.165, 1.54) is 11.3 Å². The second-order valence-corrected chi connectivity index (χ2v) is 8.13. The van der Waals surface area contributed by atoms with Crippen LogP contribution in [0.25, 0.3) is 0 Å². The second kappa shape index (κ2) is 5.92. The van der Waals surface area contributed by atoms with Crippen molar-refractivity contribution in [1.82, 2.24) is 10.2 Å². The van der Waals surface area contributed by atoms with Crippen molar-refractivity contribution >= 4 is 27.1 Å². The fourth-order valence-corrected chi connectivity index (χ4v) is 4.26. The Morgan fingerprint density at radius 2 is 2.26 bits per heavy atom. The third kappa shape index (κ3) is 3.48. The van der Waals surface area contributed by atoms with Gasteiger partial charge in [0, 0.05) is 25.0 Å². The number of sulfone groups is 1. The monoisotopic (exact) mass is 301 g/mol. The van der Waals surface area contributed by atoms with Gasteiger partial charge in [-0.1, -0.05) is 6.92 Å². The van der Waals surface area contributed by atoms with Crippen LogP contribution in [-0.2, 0) is 16.4 Å². The number of hydrogen-bond acceptors (Lipinski definition) is 6. The Kier molecular flexibility index (Phi) is 4.46. The first kappa shape index (κ1) is 14.3. The van der Waals surface area contributed by atoms with Crippen molar-refractivity contribution in [1.29, 1.82) is 0 Å². The highest BCUT2D eigenvalue weighted by molar-refractivity contribution is 7.93. The molecule has 1 N–H and O–H groups in total. The average molecular weight is 301 g/mol. The summed E-state index contributed by atoms with van der Waals surface area (Å²) < 4.78 is 23.9. The fraction of sp³-hybridized carbons (Fsp3) is 0.583. The van der Waals surface area contributed by atoms with Crippen molar-refractivity contribution in [2.24, 2.45) is 4.99 Å². The number of rotatable bonds is 4. The summed E-state index contributed by atoms with van der Waals surface area (Å²) in [6.45, 7) is 4.14. The maximum atomic E-state index is 11.7. The van der Waals surface area contributed by atoms with E-state index in [-0.39, 0.29) is 5.75 Å². The van der Waals surface area contributed by atoms with Gasteiger partial charge in [0.25, 0.3) is 0 Å². The van der Waals surface area contributed by atoms with E-state index in [4.69, 9.17) is 0 Å². The molecule has 0 radical (unpaired) electrons. The maximum absolute atomic E-state index is 11.7. The number of nitrogens with zero attached hydrogens (tertiary/aromatic N) is 2. The summed E-state index contributed by atoms with van der Waals surface area (Å²) in [6, 6.07) is 3.55. The van der Waals surface area contributed by atoms with Gasteiger partial charge < -0.3 is 10.2 Å². The van der Waals surface area contributed by atoms with Gasteiger partial charge in [0.1, 0.15) is 4.21 Å². The van der Waals surface area contributed by atoms with E-state index in [2.05, 4.69) is 15.2 Å². The summed E-state index contributed by atoms with van der Waals surface area (Å²) in [5.41, 5.74) is 0. The second-order valence-electron chi connectivity index (χ2n) is 4.46. The summed E-state index contributed by atoms with van der Waals surface area (Å²) in [5, 5.41) is 3.26. The number of thiophene rings is 1. The Bertz CT molecular complexity index is 563. The normalized spacial score (nSPS) is 16.3. The van der Waals surface area contributed by atoms with Gasteiger partial charge in [-0.25, -0.2) is 8.42 Å². The molecule has 0 unspecified atom stereocenters. The van der Waals surface area contributed by atoms with Crippen LogP contribution in [-0.4, -0.2) is 45.2 Å². The van der Waals surface area contributed by atoms with Gasteiger partial charge in [-0.15, -0.1) is 11.3 Å². The minimum absolute atomic E-state index is 0.149. The Morgan fingerprint density at radius 1 is 1.47 bits per heavy atom. The summed E-state index contributed by atoms with van der Waals surface area (Å²) >= 11 is 1.33. The van der Waals surface area contributed by atoms with Crippen LogP contribution < -0.4 is 5.32 Å². The molecular weight excluding hydrogens is 282 g/mol. The first-order valence-corrected chi connectivity index (χ1v) is 8.80. The highest BCUT2D eigenvalue weighted by Gasteiger charge is 2.15. The molecular formula is C12H19N3O2S2. The fourth-order valence-electron chi connectivity index (χ4n) is 1.84. The quantitative estimate of drug-likeness (QED) is 0.911. The molecule has 0 aliphatic carbocycles. The van der Waals surface area contributed by atoms with Crippen molar-refractivity contribution in [2.45, 2.75) is 24.1 Å². The average Bonchev–Trinajstić information content (AvgIpc) is 2.87. The van der Waals surface area contributed by atoms with Crippen LogP contribution in [0.5, 0.6) is 0 Å². The van der Waals surface area contributed by atoms with Gasteiger partial charge in [0.05, 0.1) is 12.3 Å². The van der Waals surface area contributed by atoms with E-state index in [9.17, 15) is 8.42 Å². The van der Waals surface area contributed by atoms with E-state index in [0.717, 1.165) is 30.3 Å². The zero-order valence-electron chi connectivity index (χ0n) is 11.2. The Morgan fingerprint density at radius 3 is 2.95 bits per heavy atom. The van der Waals surface area contributed by atoms with E-state index in [1.807, 2.05) is 13.1 Å². The molecule has 5 nitrogen and oxygen atoms in total. The lowest BCUT2D eigenvalue weighted by atomic mass is 10.3. The van der Waals surface area contributed by atoms with Crippen LogP contribution in [0.15, 0.2) is 21.3 Å². The molecule has 0 aromatic carbocycles. The molecule has 2 heterocycles. The van der Waals surface area contributed by atoms with Crippen molar-refractivity contribution in [2.75, 3.05) is 25.9 Å². The smallest absolute Gasteiger partial charge is 0.193 e. The molecule has 0 bridgehead atoms. The van der Waals surface area contributed by atoms with Gasteiger partial charge in [-0.2, -0.15) is 0 Å². The van der Waals surface area contributed by atoms with Crippen molar-refractivity contribution in [3.63, 3.8) is 0 Å². The molecule has 0 amide bonds. The number of hydrogen-bond donors (Lipinski definition) is 1. The van der Waals surface area contributed by atoms with Crippen LogP contribution in [0, 0.1) is 0 Å². The van der Waals surface area contributed by atoms with Crippen LogP contribution in [0.1, 0.15) is 18.2 Å². The van der Waals surface area contributed by atoms with Gasteiger partial charge >= 0.3 is 0 Å². The van der Waals surface area contributed by atoms with E-state index in [0.29, 0.717) is 10.8 Å². The lowest BCUT2D eigenvalue weighted by molar-refractivity contribution is 0.446. The van der Waals surface area contributed by atoms with Crippen molar-refractivity contribution in [3.05, 3.63) is 17.0 Å². The summed E-state index contributed by atoms with van der Waals surface area (Å²) in [5.74, 6) is 1.04. The topological polar surface area (TPSA) is 61.8 Å². The van der Waals surface area contributed by atoms with Crippen LogP contribution in [0.4, 0.5) is 0 Å². The first-order chi connectivity index (χ1) is 9.03. The minimum atomic E-state index is -3.08. The molecule has 106 valence electrons. The molecule has 0 spiro atoms. The SMILES string of the molecule is CCS(=O)(=O)c1ccc(CNC2=NCCCN2C)s1. The zero-order chi connectivity index (χ0) is 13.9. The first-order valence-electron chi connectivity index (χ1n) is 6.34. The molecule has 2 rings (SSSR count). The molecule has 1 aliphatic rings. The highest BCUT2D eigenvalue weighted by Crippen LogP contribution is 2.22. The standard InChI is InChI=1S/C12H19N3O2S2/c1-3-19(16,17)11-6-5-10(18-11)9-14-12-13-7-4-8-15(12)2/h5-6H,3-4,7-9H2,1-2H3,(H,13,14). The van der Waals surface area contributed by atoms with Crippen LogP contribution in [0.2, 0.25) is 0 Å². The molecule has 19 heavy (non-hydrogen) atoms. The zero-order valence-corrected chi connectivity index (χ0v) is 12.9. The Labute approximate surface area is 118 Å². The van der Waals surface area contributed by atoms with Crippen LogP contribution >= 0.6 is 11.3 Å². The Balaban J connectivity index is 1.99. The van der Waals surface area contributed by atoms with E-state index in [1.54, 1.807) is 13.0 Å². The molecule has 1 aromatic heterocycles. The van der Waals surface area contributed by atoms with E-state index < -0.39 is 9.84 Å². The summed E-state index contributed by atoms with van der Waals surface area (Å²) in [7, 11) is -1.07. The summed E-state index contributed by atoms with van der Waals surface area (Å²) in [4.78, 5) is 7.51. The maximum Gasteiger partial charge on any atom is 0.193 e. The van der Waals surface area contributed by atoms with Crippen molar-refractivity contribution in [3.8, 4) is 0 Å². The molecule has 0 fully saturated rings. The van der Waals surface area contributed by atoms with E-state index >= 15 is 0 Å². The third-order valence-corrected chi connectivity index (χ3v) is 6.42. The molecule has 1 aliphatic heterocycles. The summed E-state index contributed by atoms with van der Waals surface area (Å²) in [6.07, 6.45) is 1.08. The molecule has 0 saturated carbocycles. The molecule has 0 atom stereocenters. The predicted octanol–water partition coefficient (Wildman–Crippen LogP) is 1.32. The number of nitrogens with one attached hydrogen (secondary N) is 1. The predicted molar refractivity (Wildman–Crippen MR) is 78.4 cm³/mol. The van der Waals surface area contributed by atoms with Gasteiger partial charge in [0.2, 0.25) is 0 Å². The van der Waals surface area contributed by atoms with Crippen LogP contribution in [0.3, 0.4) is 0 Å². The lowest BCUT2D eigenvalue weighted by Gasteiger charge is -2.25. The molecule has 7 heteroatoms. The van der Waals surface area contributed by atoms with Crippen molar-refractivity contribution < 1.29 is 8.42 Å². The largest absolute Gasteiger partial charge is 0.351 e. The lowest BCUT2D eigenvalue weighted by Crippen LogP contribution is -2.41. The van der Waals surface area contributed by atoms with Gasteiger partial charge in [0.15, 0.2) is 15.8 Å². The Hall–Kier alpha value is -1.08. The molecule has 1 aromatic rings. The third-order valence-electron chi connectivity index (χ3n) is 3.02. The molecule has 0 saturated heterocycles. The number of aliphatic imine (C=N–C) groups is 1. The highest BCUT2D eigenvalue weighted by atomic mass is 32.2. The number of guanidine groups is 1. The van der Waals surface area contributed by atoms with Gasteiger partial charge in [-0.3, -0.25) is 4.99 Å².